The largest absolute Gasteiger partial charge is 0.394 e. The third kappa shape index (κ3) is 28.0. The second kappa shape index (κ2) is 43.2. The summed E-state index contributed by atoms with van der Waals surface area (Å²) in [5.41, 5.74) is 13.2. The van der Waals surface area contributed by atoms with Crippen molar-refractivity contribution in [1.82, 2.24) is 93.4 Å². The minimum atomic E-state index is -1.78. The van der Waals surface area contributed by atoms with Crippen LogP contribution in [0, 0.1) is 5.92 Å². The summed E-state index contributed by atoms with van der Waals surface area (Å²) in [6, 6.07) is 11.6. The number of amides is 10. The molecule has 0 bridgehead atoms. The number of fused-ring (bicyclic) bond motifs is 1. The summed E-state index contributed by atoms with van der Waals surface area (Å²) < 4.78 is 0. The van der Waals surface area contributed by atoms with Crippen molar-refractivity contribution < 1.29 is 53.1 Å². The van der Waals surface area contributed by atoms with E-state index < -0.39 is 114 Å². The third-order valence-corrected chi connectivity index (χ3v) is 18.1. The fraction of sp³-hybridized carbons (Fsp3) is 0.521. The van der Waals surface area contributed by atoms with Crippen molar-refractivity contribution in [1.29, 1.82) is 0 Å². The van der Waals surface area contributed by atoms with Gasteiger partial charge in [0.05, 0.1) is 6.61 Å². The standard InChI is InChI=1S/C73H105ClN22O11/c1-7-78-68(106)60-24-17-35-96(60)69(107)54(23-12-13-32-79-44(4)5)85-63(101)55(36-43(2)3)86-62(100)53(22-11-15-34-81-73-91-71(76)93-95-73)83-61(99)52(21-10-14-33-80-72-90-70(75)92-94-72)84-67(105)59(42-97)89-66(104)58(40-48-18-16-31-77-41-48)88-65(103)57(38-46-26-29-51(74)30-27-46)87-64(102)56(82-45(6)98)39-47-25-28-49-19-8-9-20-50(49)37-47/h8-9,16,18-20,25-31,37,41,43-44,52-60,79,97H,7,10-15,17,21-24,32-36,38-40,42H2,1-6H3,(H,78,106)(H,82,98)(H,83,99)(H,84,105)(H,85,101)(H,86,100)(H,87,102)(H,88,103)(H,89,104)(H4,75,80,90,92,94)(H4,76,81,91,93,95)/t52-,53+,54-,55-,56+,57+,58+,59-,60-/m0/s1. The van der Waals surface area contributed by atoms with Crippen molar-refractivity contribution in [3.05, 3.63) is 113 Å². The second-order valence-electron chi connectivity index (χ2n) is 27.4. The Labute approximate surface area is 627 Å². The molecule has 34 heteroatoms. The number of hydrogen-bond acceptors (Lipinski definition) is 21. The maximum Gasteiger partial charge on any atom is 0.245 e. The lowest BCUT2D eigenvalue weighted by molar-refractivity contribution is -0.142. The number of aromatic amines is 2. The Balaban J connectivity index is 1.13. The highest BCUT2D eigenvalue weighted by molar-refractivity contribution is 6.30. The number of aliphatic hydroxyl groups is 1. The van der Waals surface area contributed by atoms with Crippen LogP contribution in [0.1, 0.15) is 135 Å². The first kappa shape index (κ1) is 83.7. The number of rotatable bonds is 45. The summed E-state index contributed by atoms with van der Waals surface area (Å²) in [4.78, 5) is 158. The molecule has 7 rings (SSSR count). The number of unbranched alkanes of at least 4 members (excludes halogenated alkanes) is 3. The van der Waals surface area contributed by atoms with Gasteiger partial charge in [-0.15, -0.1) is 10.2 Å². The predicted octanol–water partition coefficient (Wildman–Crippen LogP) is 2.11. The summed E-state index contributed by atoms with van der Waals surface area (Å²) in [6.45, 7) is 11.7. The molecule has 10 amide bonds. The van der Waals surface area contributed by atoms with Gasteiger partial charge in [-0.3, -0.25) is 52.9 Å². The topological polar surface area (TPSA) is 487 Å². The van der Waals surface area contributed by atoms with Gasteiger partial charge in [-0.1, -0.05) is 100.0 Å². The molecule has 0 unspecified atom stereocenters. The zero-order chi connectivity index (χ0) is 77.4. The highest BCUT2D eigenvalue weighted by atomic mass is 35.5. The Bertz CT molecular complexity index is 3880. The lowest BCUT2D eigenvalue weighted by atomic mass is 9.99. The summed E-state index contributed by atoms with van der Waals surface area (Å²) in [6.07, 6.45) is 6.50. The number of nitrogens with zero attached hydrogens (tertiary/aromatic N) is 6. The fourth-order valence-corrected chi connectivity index (χ4v) is 12.5. The van der Waals surface area contributed by atoms with Gasteiger partial charge in [-0.05, 0) is 142 Å². The van der Waals surface area contributed by atoms with Crippen LogP contribution in [-0.4, -0.2) is 204 Å². The first-order valence-corrected chi connectivity index (χ1v) is 37.0. The SMILES string of the molecule is CCNC(=O)[C@@H]1CCCN1C(=O)[C@H](CCCCNC(C)C)NC(=O)[C@H](CC(C)C)NC(=O)[C@@H](CCCCNc1n[nH]c(N)n1)NC(=O)[C@H](CCCCNc1n[nH]c(N)n1)NC(=O)[C@H](CO)NC(=O)[C@@H](Cc1cccnc1)NC(=O)[C@@H](Cc1ccc(Cl)cc1)NC(=O)[C@@H](Cc1ccc2ccccc2c1)NC(C)=O. The Hall–Kier alpha value is -10.5. The highest BCUT2D eigenvalue weighted by Crippen LogP contribution is 2.22. The molecule has 33 nitrogen and oxygen atoms in total. The number of likely N-dealkylation sites (tertiary alicyclic amines) is 1. The van der Waals surface area contributed by atoms with Gasteiger partial charge in [0.2, 0.25) is 82.9 Å². The summed E-state index contributed by atoms with van der Waals surface area (Å²) in [7, 11) is 0. The number of carbonyl (C=O) groups excluding carboxylic acids is 10. The summed E-state index contributed by atoms with van der Waals surface area (Å²) in [5.74, 6) is -6.63. The van der Waals surface area contributed by atoms with Crippen molar-refractivity contribution in [2.45, 2.75) is 198 Å². The average molecular weight is 1500 g/mol. The highest BCUT2D eigenvalue weighted by Gasteiger charge is 2.40. The molecule has 1 fully saturated rings. The van der Waals surface area contributed by atoms with Crippen molar-refractivity contribution in [3.63, 3.8) is 0 Å². The Morgan fingerprint density at radius 2 is 1.05 bits per heavy atom. The monoisotopic (exact) mass is 1500 g/mol. The van der Waals surface area contributed by atoms with Gasteiger partial charge < -0.3 is 85.3 Å². The van der Waals surface area contributed by atoms with Crippen LogP contribution in [0.25, 0.3) is 10.8 Å². The number of nitrogens with two attached hydrogens (primary N) is 2. The zero-order valence-corrected chi connectivity index (χ0v) is 62.4. The van der Waals surface area contributed by atoms with Gasteiger partial charge >= 0.3 is 0 Å². The van der Waals surface area contributed by atoms with Crippen molar-refractivity contribution in [2.24, 2.45) is 5.92 Å². The predicted molar refractivity (Wildman–Crippen MR) is 405 cm³/mol. The van der Waals surface area contributed by atoms with Crippen LogP contribution in [-0.2, 0) is 67.2 Å². The van der Waals surface area contributed by atoms with E-state index in [1.807, 2.05) is 70.2 Å². The Kier molecular flexibility index (Phi) is 33.8. The number of anilines is 4. The number of H-pyrrole nitrogens is 2. The number of carbonyl (C=O) groups is 10. The number of pyridine rings is 1. The van der Waals surface area contributed by atoms with E-state index in [0.717, 1.165) is 16.3 Å². The van der Waals surface area contributed by atoms with E-state index in [2.05, 4.69) is 99.1 Å². The molecule has 1 saturated heterocycles. The maximum atomic E-state index is 15.1. The minimum absolute atomic E-state index is 0.0116. The number of aliphatic hydroxyl groups excluding tert-OH is 1. The first-order chi connectivity index (χ1) is 51.4. The molecular formula is C73H105ClN22O11. The molecule has 3 aromatic heterocycles. The van der Waals surface area contributed by atoms with E-state index in [-0.39, 0.29) is 99.6 Å². The van der Waals surface area contributed by atoms with E-state index in [1.165, 1.54) is 24.2 Å². The van der Waals surface area contributed by atoms with Crippen LogP contribution in [0.4, 0.5) is 23.8 Å². The molecule has 107 heavy (non-hydrogen) atoms. The van der Waals surface area contributed by atoms with E-state index in [1.54, 1.807) is 43.3 Å². The van der Waals surface area contributed by atoms with Gasteiger partial charge in [0.25, 0.3) is 0 Å². The zero-order valence-electron chi connectivity index (χ0n) is 61.6. The second-order valence-corrected chi connectivity index (χ2v) is 27.8. The van der Waals surface area contributed by atoms with Gasteiger partial charge in [-0.2, -0.15) is 9.97 Å². The molecule has 4 heterocycles. The first-order valence-electron chi connectivity index (χ1n) is 36.6. The van der Waals surface area contributed by atoms with Crippen molar-refractivity contribution >= 4 is 105 Å². The quantitative estimate of drug-likeness (QED) is 0.0243. The number of halogens is 1. The molecular weight excluding hydrogens is 1400 g/mol. The summed E-state index contributed by atoms with van der Waals surface area (Å²) in [5, 5.41) is 60.8. The van der Waals surface area contributed by atoms with E-state index in [4.69, 9.17) is 23.1 Å². The molecule has 1 aliphatic rings. The van der Waals surface area contributed by atoms with Crippen molar-refractivity contribution in [3.8, 4) is 0 Å². The molecule has 0 aliphatic carbocycles. The average Bonchev–Trinajstić information content (AvgIpc) is 1.80. The van der Waals surface area contributed by atoms with Crippen LogP contribution in [0.3, 0.4) is 0 Å². The molecule has 3 aromatic carbocycles. The Morgan fingerprint density at radius 3 is 1.58 bits per heavy atom. The van der Waals surface area contributed by atoms with Crippen LogP contribution >= 0.6 is 11.6 Å². The molecule has 6 aromatic rings. The van der Waals surface area contributed by atoms with Gasteiger partial charge in [0, 0.05) is 75.8 Å². The van der Waals surface area contributed by atoms with Crippen LogP contribution < -0.4 is 75.3 Å². The van der Waals surface area contributed by atoms with Crippen LogP contribution in [0.15, 0.2) is 91.3 Å². The van der Waals surface area contributed by atoms with Crippen molar-refractivity contribution in [2.75, 3.05) is 61.4 Å². The lowest BCUT2D eigenvalue weighted by Crippen LogP contribution is -2.61. The molecule has 0 spiro atoms. The normalized spacial score (nSPS) is 15.0. The lowest BCUT2D eigenvalue weighted by Gasteiger charge is -2.31. The molecule has 580 valence electrons. The molecule has 1 aliphatic heterocycles. The number of hydrogen-bond donors (Lipinski definition) is 17. The van der Waals surface area contributed by atoms with E-state index in [0.29, 0.717) is 87.3 Å². The van der Waals surface area contributed by atoms with Crippen LogP contribution in [0.2, 0.25) is 5.02 Å². The summed E-state index contributed by atoms with van der Waals surface area (Å²) >= 11 is 6.26. The van der Waals surface area contributed by atoms with Gasteiger partial charge in [0.15, 0.2) is 0 Å². The number of aromatic nitrogens is 7. The number of nitrogen functional groups attached to an aromatic ring is 2. The van der Waals surface area contributed by atoms with E-state index >= 15 is 9.59 Å². The van der Waals surface area contributed by atoms with Gasteiger partial charge in [0.1, 0.15) is 54.4 Å². The number of benzene rings is 3. The maximum absolute atomic E-state index is 15.1. The molecule has 0 radical (unpaired) electrons. The molecule has 19 N–H and O–H groups in total. The fourth-order valence-electron chi connectivity index (χ4n) is 12.4. The Morgan fingerprint density at radius 1 is 0.561 bits per heavy atom. The number of nitrogens with one attached hydrogen (secondary N) is 14. The number of likely N-dealkylation sites (N-methyl/N-ethyl adjacent to an activating group) is 1. The van der Waals surface area contributed by atoms with Crippen LogP contribution in [0.5, 0.6) is 0 Å². The molecule has 0 saturated carbocycles. The van der Waals surface area contributed by atoms with Gasteiger partial charge in [-0.25, -0.2) is 10.2 Å². The minimum Gasteiger partial charge on any atom is -0.394 e. The molecule has 9 atom stereocenters. The third-order valence-electron chi connectivity index (χ3n) is 17.8. The van der Waals surface area contributed by atoms with E-state index in [9.17, 15) is 43.5 Å². The smallest absolute Gasteiger partial charge is 0.245 e.